The lowest BCUT2D eigenvalue weighted by Gasteiger charge is -2.22. The van der Waals surface area contributed by atoms with Crippen LogP contribution in [0.3, 0.4) is 0 Å². The molecule has 0 aliphatic carbocycles. The SMILES string of the molecule is C[C@@H](COc1cc2[nH]ncc2cc1N)NC(=O)OC(C)(C)C. The van der Waals surface area contributed by atoms with Crippen molar-refractivity contribution in [1.82, 2.24) is 15.5 Å². The summed E-state index contributed by atoms with van der Waals surface area (Å²) in [4.78, 5) is 11.7. The van der Waals surface area contributed by atoms with Crippen LogP contribution in [-0.2, 0) is 4.74 Å². The molecule has 0 aliphatic heterocycles. The zero-order valence-corrected chi connectivity index (χ0v) is 13.3. The Hall–Kier alpha value is -2.44. The Kier molecular flexibility index (Phi) is 4.44. The van der Waals surface area contributed by atoms with E-state index in [4.69, 9.17) is 15.2 Å². The molecule has 2 rings (SSSR count). The summed E-state index contributed by atoms with van der Waals surface area (Å²) in [7, 11) is 0. The molecule has 120 valence electrons. The van der Waals surface area contributed by atoms with Crippen LogP contribution >= 0.6 is 0 Å². The van der Waals surface area contributed by atoms with Crippen molar-refractivity contribution in [3.63, 3.8) is 0 Å². The van der Waals surface area contributed by atoms with Crippen molar-refractivity contribution in [2.75, 3.05) is 12.3 Å². The first-order valence-corrected chi connectivity index (χ1v) is 7.09. The molecule has 1 aromatic carbocycles. The van der Waals surface area contributed by atoms with Crippen LogP contribution in [0, 0.1) is 0 Å². The highest BCUT2D eigenvalue weighted by atomic mass is 16.6. The van der Waals surface area contributed by atoms with Crippen molar-refractivity contribution < 1.29 is 14.3 Å². The largest absolute Gasteiger partial charge is 0.489 e. The number of nitrogens with two attached hydrogens (primary N) is 1. The number of carbonyl (C=O) groups is 1. The number of carbonyl (C=O) groups excluding carboxylic acids is 1. The Labute approximate surface area is 129 Å². The van der Waals surface area contributed by atoms with Gasteiger partial charge in [0.05, 0.1) is 23.4 Å². The maximum atomic E-state index is 11.7. The highest BCUT2D eigenvalue weighted by molar-refractivity contribution is 5.84. The molecule has 7 heteroatoms. The number of hydrogen-bond acceptors (Lipinski definition) is 5. The first kappa shape index (κ1) is 15.9. The van der Waals surface area contributed by atoms with Crippen LogP contribution in [0.15, 0.2) is 18.3 Å². The molecule has 1 atom stereocenters. The van der Waals surface area contributed by atoms with Crippen molar-refractivity contribution in [2.24, 2.45) is 0 Å². The number of benzene rings is 1. The summed E-state index contributed by atoms with van der Waals surface area (Å²) >= 11 is 0. The number of H-pyrrole nitrogens is 1. The van der Waals surface area contributed by atoms with Crippen LogP contribution in [0.2, 0.25) is 0 Å². The number of aromatic nitrogens is 2. The van der Waals surface area contributed by atoms with Crippen molar-refractivity contribution in [3.05, 3.63) is 18.3 Å². The van der Waals surface area contributed by atoms with Gasteiger partial charge in [-0.25, -0.2) is 4.79 Å². The van der Waals surface area contributed by atoms with Gasteiger partial charge in [0, 0.05) is 11.5 Å². The number of anilines is 1. The third-order valence-electron chi connectivity index (χ3n) is 2.82. The molecule has 0 aliphatic rings. The van der Waals surface area contributed by atoms with Gasteiger partial charge < -0.3 is 20.5 Å². The van der Waals surface area contributed by atoms with Gasteiger partial charge in [-0.2, -0.15) is 5.10 Å². The lowest BCUT2D eigenvalue weighted by molar-refractivity contribution is 0.0494. The Morgan fingerprint density at radius 2 is 2.18 bits per heavy atom. The molecular weight excluding hydrogens is 284 g/mol. The second kappa shape index (κ2) is 6.13. The molecule has 0 radical (unpaired) electrons. The van der Waals surface area contributed by atoms with Gasteiger partial charge >= 0.3 is 6.09 Å². The quantitative estimate of drug-likeness (QED) is 0.753. The topological polar surface area (TPSA) is 102 Å². The molecule has 1 aromatic heterocycles. The number of nitrogen functional groups attached to an aromatic ring is 1. The zero-order chi connectivity index (χ0) is 16.3. The van der Waals surface area contributed by atoms with E-state index in [0.717, 1.165) is 10.9 Å². The number of nitrogens with zero attached hydrogens (tertiary/aromatic N) is 1. The number of hydrogen-bond donors (Lipinski definition) is 3. The molecule has 0 fully saturated rings. The predicted molar refractivity (Wildman–Crippen MR) is 84.8 cm³/mol. The van der Waals surface area contributed by atoms with E-state index in [-0.39, 0.29) is 12.6 Å². The van der Waals surface area contributed by atoms with Crippen molar-refractivity contribution in [2.45, 2.75) is 39.3 Å². The van der Waals surface area contributed by atoms with Crippen LogP contribution in [0.25, 0.3) is 10.9 Å². The summed E-state index contributed by atoms with van der Waals surface area (Å²) in [5, 5.41) is 10.4. The molecule has 0 saturated carbocycles. The highest BCUT2D eigenvalue weighted by Gasteiger charge is 2.18. The Balaban J connectivity index is 1.91. The van der Waals surface area contributed by atoms with Gasteiger partial charge in [0.1, 0.15) is 18.0 Å². The van der Waals surface area contributed by atoms with Gasteiger partial charge in [-0.05, 0) is 33.8 Å². The third-order valence-corrected chi connectivity index (χ3v) is 2.82. The average Bonchev–Trinajstić information content (AvgIpc) is 2.80. The smallest absolute Gasteiger partial charge is 0.407 e. The minimum atomic E-state index is -0.527. The number of amides is 1. The number of nitrogens with one attached hydrogen (secondary N) is 2. The zero-order valence-electron chi connectivity index (χ0n) is 13.3. The van der Waals surface area contributed by atoms with E-state index in [1.807, 2.05) is 27.7 Å². The van der Waals surface area contributed by atoms with Gasteiger partial charge in [0.25, 0.3) is 0 Å². The molecule has 0 unspecified atom stereocenters. The molecule has 1 amide bonds. The molecule has 22 heavy (non-hydrogen) atoms. The fourth-order valence-electron chi connectivity index (χ4n) is 1.88. The Morgan fingerprint density at radius 3 is 2.86 bits per heavy atom. The van der Waals surface area contributed by atoms with Gasteiger partial charge in [-0.1, -0.05) is 0 Å². The van der Waals surface area contributed by atoms with Crippen LogP contribution in [-0.4, -0.2) is 34.5 Å². The summed E-state index contributed by atoms with van der Waals surface area (Å²) in [6.07, 6.45) is 1.22. The van der Waals surface area contributed by atoms with E-state index < -0.39 is 11.7 Å². The fourth-order valence-corrected chi connectivity index (χ4v) is 1.88. The number of aromatic amines is 1. The summed E-state index contributed by atoms with van der Waals surface area (Å²) in [6, 6.07) is 3.37. The second-order valence-electron chi connectivity index (χ2n) is 6.21. The lowest BCUT2D eigenvalue weighted by Crippen LogP contribution is -2.40. The minimum Gasteiger partial charge on any atom is -0.489 e. The normalized spacial score (nSPS) is 12.9. The van der Waals surface area contributed by atoms with Gasteiger partial charge in [-0.3, -0.25) is 5.10 Å². The van der Waals surface area contributed by atoms with Crippen molar-refractivity contribution in [3.8, 4) is 5.75 Å². The van der Waals surface area contributed by atoms with Crippen LogP contribution in [0.1, 0.15) is 27.7 Å². The average molecular weight is 306 g/mol. The van der Waals surface area contributed by atoms with Gasteiger partial charge in [0.15, 0.2) is 0 Å². The van der Waals surface area contributed by atoms with E-state index in [1.54, 1.807) is 18.3 Å². The summed E-state index contributed by atoms with van der Waals surface area (Å²) in [5.74, 6) is 0.551. The maximum absolute atomic E-state index is 11.7. The molecule has 2 aromatic rings. The monoisotopic (exact) mass is 306 g/mol. The third kappa shape index (κ3) is 4.28. The van der Waals surface area contributed by atoms with E-state index in [9.17, 15) is 4.79 Å². The van der Waals surface area contributed by atoms with E-state index in [0.29, 0.717) is 11.4 Å². The lowest BCUT2D eigenvalue weighted by atomic mass is 10.2. The van der Waals surface area contributed by atoms with Crippen LogP contribution < -0.4 is 15.8 Å². The van der Waals surface area contributed by atoms with Gasteiger partial charge in [-0.15, -0.1) is 0 Å². The maximum Gasteiger partial charge on any atom is 0.407 e. The summed E-state index contributed by atoms with van der Waals surface area (Å²) < 4.78 is 10.9. The Morgan fingerprint density at radius 1 is 1.45 bits per heavy atom. The first-order chi connectivity index (χ1) is 10.2. The molecule has 0 bridgehead atoms. The van der Waals surface area contributed by atoms with Gasteiger partial charge in [0.2, 0.25) is 0 Å². The van der Waals surface area contributed by atoms with E-state index in [2.05, 4.69) is 15.5 Å². The molecule has 1 heterocycles. The molecule has 7 nitrogen and oxygen atoms in total. The number of alkyl carbamates (subject to hydrolysis) is 1. The highest BCUT2D eigenvalue weighted by Crippen LogP contribution is 2.26. The summed E-state index contributed by atoms with van der Waals surface area (Å²) in [5.41, 5.74) is 6.78. The number of rotatable bonds is 4. The molecular formula is C15H22N4O3. The minimum absolute atomic E-state index is 0.216. The molecule has 0 saturated heterocycles. The van der Waals surface area contributed by atoms with Crippen molar-refractivity contribution in [1.29, 1.82) is 0 Å². The number of fused-ring (bicyclic) bond motifs is 1. The molecule has 4 N–H and O–H groups in total. The molecule has 0 spiro atoms. The predicted octanol–water partition coefficient (Wildman–Crippen LogP) is 2.44. The van der Waals surface area contributed by atoms with Crippen molar-refractivity contribution >= 4 is 22.7 Å². The fraction of sp³-hybridized carbons (Fsp3) is 0.467. The van der Waals surface area contributed by atoms with Crippen LogP contribution in [0.4, 0.5) is 10.5 Å². The van der Waals surface area contributed by atoms with Crippen LogP contribution in [0.5, 0.6) is 5.75 Å². The first-order valence-electron chi connectivity index (χ1n) is 7.09. The standard InChI is InChI=1S/C15H22N4O3/c1-9(18-14(20)22-15(2,3)4)8-21-13-6-12-10(5-11(13)16)7-17-19-12/h5-7,9H,8,16H2,1-4H3,(H,17,19)(H,18,20)/t9-/m0/s1. The number of ether oxygens (including phenoxy) is 2. The van der Waals surface area contributed by atoms with E-state index in [1.165, 1.54) is 0 Å². The second-order valence-corrected chi connectivity index (χ2v) is 6.21. The van der Waals surface area contributed by atoms with E-state index >= 15 is 0 Å². The summed E-state index contributed by atoms with van der Waals surface area (Å²) in [6.45, 7) is 7.55. The Bertz CT molecular complexity index is 660.